The number of benzene rings is 1. The van der Waals surface area contributed by atoms with E-state index >= 15 is 0 Å². The van der Waals surface area contributed by atoms with Gasteiger partial charge in [-0.3, -0.25) is 0 Å². The fraction of sp³-hybridized carbons (Fsp3) is 0.214. The zero-order chi connectivity index (χ0) is 13.9. The van der Waals surface area contributed by atoms with Crippen LogP contribution >= 0.6 is 0 Å². The van der Waals surface area contributed by atoms with Gasteiger partial charge in [0, 0.05) is 12.2 Å². The Hall–Kier alpha value is -2.47. The van der Waals surface area contributed by atoms with E-state index in [0.717, 1.165) is 25.2 Å². The van der Waals surface area contributed by atoms with Crippen LogP contribution in [0.1, 0.15) is 11.1 Å². The largest absolute Gasteiger partial charge is 0.387 e. The van der Waals surface area contributed by atoms with Crippen molar-refractivity contribution >= 4 is 17.2 Å². The van der Waals surface area contributed by atoms with Crippen LogP contribution in [0.4, 0.5) is 17.2 Å². The van der Waals surface area contributed by atoms with Gasteiger partial charge in [-0.1, -0.05) is 12.1 Å². The minimum absolute atomic E-state index is 0.154. The molecule has 0 amide bonds. The maximum Gasteiger partial charge on any atom is 0.387 e. The van der Waals surface area contributed by atoms with E-state index in [9.17, 15) is 10.1 Å². The number of nitro groups is 1. The highest BCUT2D eigenvalue weighted by molar-refractivity contribution is 5.70. The van der Waals surface area contributed by atoms with E-state index in [1.54, 1.807) is 12.1 Å². The number of hydrogen-bond acceptors (Lipinski definition) is 5. The van der Waals surface area contributed by atoms with Crippen LogP contribution in [-0.4, -0.2) is 16.5 Å². The van der Waals surface area contributed by atoms with E-state index < -0.39 is 4.92 Å². The van der Waals surface area contributed by atoms with Crippen LogP contribution < -0.4 is 10.6 Å². The number of pyridine rings is 1. The minimum atomic E-state index is -0.473. The second kappa shape index (κ2) is 5.26. The normalized spacial score (nSPS) is 13.6. The van der Waals surface area contributed by atoms with Crippen molar-refractivity contribution in [2.75, 3.05) is 11.9 Å². The SMILES string of the molecule is O=[N+]([O-])c1ncccc1Nc1cccc2c1CCNC2. The molecule has 0 atom stereocenters. The van der Waals surface area contributed by atoms with Gasteiger partial charge < -0.3 is 20.7 Å². The molecule has 2 N–H and O–H groups in total. The summed E-state index contributed by atoms with van der Waals surface area (Å²) < 4.78 is 0. The lowest BCUT2D eigenvalue weighted by molar-refractivity contribution is -0.388. The fourth-order valence-electron chi connectivity index (χ4n) is 2.43. The summed E-state index contributed by atoms with van der Waals surface area (Å²) in [5.41, 5.74) is 3.78. The summed E-state index contributed by atoms with van der Waals surface area (Å²) in [7, 11) is 0. The number of nitrogens with one attached hydrogen (secondary N) is 2. The van der Waals surface area contributed by atoms with Gasteiger partial charge in [-0.25, -0.2) is 0 Å². The lowest BCUT2D eigenvalue weighted by atomic mass is 9.99. The van der Waals surface area contributed by atoms with Gasteiger partial charge in [0.2, 0.25) is 0 Å². The highest BCUT2D eigenvalue weighted by Gasteiger charge is 2.17. The summed E-state index contributed by atoms with van der Waals surface area (Å²) in [5, 5.41) is 17.5. The Balaban J connectivity index is 1.98. The molecule has 6 heteroatoms. The third-order valence-corrected chi connectivity index (χ3v) is 3.37. The van der Waals surface area contributed by atoms with Gasteiger partial charge in [-0.05, 0) is 52.2 Å². The van der Waals surface area contributed by atoms with Crippen molar-refractivity contribution in [2.24, 2.45) is 0 Å². The highest BCUT2D eigenvalue weighted by atomic mass is 16.6. The molecule has 0 saturated heterocycles. The first-order valence-electron chi connectivity index (χ1n) is 6.43. The lowest BCUT2D eigenvalue weighted by Gasteiger charge is -2.20. The van der Waals surface area contributed by atoms with Crippen LogP contribution in [0, 0.1) is 10.1 Å². The molecule has 0 radical (unpaired) electrons. The van der Waals surface area contributed by atoms with Gasteiger partial charge >= 0.3 is 5.82 Å². The van der Waals surface area contributed by atoms with Crippen LogP contribution in [0.2, 0.25) is 0 Å². The van der Waals surface area contributed by atoms with E-state index in [1.165, 1.54) is 17.3 Å². The molecule has 2 heterocycles. The Bertz CT molecular complexity index is 657. The van der Waals surface area contributed by atoms with E-state index in [0.29, 0.717) is 5.69 Å². The topological polar surface area (TPSA) is 80.1 Å². The zero-order valence-electron chi connectivity index (χ0n) is 10.8. The second-order valence-corrected chi connectivity index (χ2v) is 4.63. The second-order valence-electron chi connectivity index (χ2n) is 4.63. The summed E-state index contributed by atoms with van der Waals surface area (Å²) in [6, 6.07) is 9.33. The lowest BCUT2D eigenvalue weighted by Crippen LogP contribution is -2.24. The van der Waals surface area contributed by atoms with Crippen molar-refractivity contribution in [1.82, 2.24) is 10.3 Å². The predicted molar refractivity (Wildman–Crippen MR) is 76.0 cm³/mol. The number of nitrogens with zero attached hydrogens (tertiary/aromatic N) is 2. The zero-order valence-corrected chi connectivity index (χ0v) is 10.8. The molecule has 1 aliphatic heterocycles. The first kappa shape index (κ1) is 12.6. The first-order valence-corrected chi connectivity index (χ1v) is 6.43. The van der Waals surface area contributed by atoms with E-state index in [4.69, 9.17) is 0 Å². The fourth-order valence-corrected chi connectivity index (χ4v) is 2.43. The molecule has 1 aromatic carbocycles. The van der Waals surface area contributed by atoms with Gasteiger partial charge in [0.1, 0.15) is 11.9 Å². The molecular formula is C14H14N4O2. The summed E-state index contributed by atoms with van der Waals surface area (Å²) in [6.45, 7) is 1.75. The average molecular weight is 270 g/mol. The van der Waals surface area contributed by atoms with Crippen molar-refractivity contribution in [3.63, 3.8) is 0 Å². The van der Waals surface area contributed by atoms with Crippen LogP contribution in [0.15, 0.2) is 36.5 Å². The van der Waals surface area contributed by atoms with Crippen molar-refractivity contribution in [1.29, 1.82) is 0 Å². The third kappa shape index (κ3) is 2.33. The molecule has 0 unspecified atom stereocenters. The van der Waals surface area contributed by atoms with Crippen LogP contribution in [0.5, 0.6) is 0 Å². The summed E-state index contributed by atoms with van der Waals surface area (Å²) in [5.74, 6) is -0.154. The summed E-state index contributed by atoms with van der Waals surface area (Å²) >= 11 is 0. The molecule has 0 fully saturated rings. The van der Waals surface area contributed by atoms with Gasteiger partial charge in [0.05, 0.1) is 0 Å². The third-order valence-electron chi connectivity index (χ3n) is 3.37. The number of fused-ring (bicyclic) bond motifs is 1. The quantitative estimate of drug-likeness (QED) is 0.661. The molecule has 1 aromatic heterocycles. The van der Waals surface area contributed by atoms with Gasteiger partial charge in [-0.2, -0.15) is 0 Å². The Morgan fingerprint density at radius 2 is 2.10 bits per heavy atom. The number of aromatic nitrogens is 1. The maximum absolute atomic E-state index is 11.0. The molecule has 0 spiro atoms. The molecule has 0 bridgehead atoms. The number of hydrogen-bond donors (Lipinski definition) is 2. The number of anilines is 2. The van der Waals surface area contributed by atoms with Crippen molar-refractivity contribution in [2.45, 2.75) is 13.0 Å². The van der Waals surface area contributed by atoms with Crippen molar-refractivity contribution < 1.29 is 4.92 Å². The Morgan fingerprint density at radius 3 is 2.95 bits per heavy atom. The molecule has 3 rings (SSSR count). The van der Waals surface area contributed by atoms with E-state index in [-0.39, 0.29) is 5.82 Å². The van der Waals surface area contributed by atoms with Crippen LogP contribution in [0.25, 0.3) is 0 Å². The molecular weight excluding hydrogens is 256 g/mol. The van der Waals surface area contributed by atoms with Crippen LogP contribution in [-0.2, 0) is 13.0 Å². The average Bonchev–Trinajstić information content (AvgIpc) is 2.48. The van der Waals surface area contributed by atoms with Gasteiger partial charge in [0.15, 0.2) is 0 Å². The molecule has 1 aliphatic rings. The predicted octanol–water partition coefficient (Wildman–Crippen LogP) is 2.38. The molecule has 102 valence electrons. The highest BCUT2D eigenvalue weighted by Crippen LogP contribution is 2.29. The number of rotatable bonds is 3. The molecule has 0 saturated carbocycles. The van der Waals surface area contributed by atoms with Crippen LogP contribution in [0.3, 0.4) is 0 Å². The first-order chi connectivity index (χ1) is 9.75. The molecule has 0 aliphatic carbocycles. The summed E-state index contributed by atoms with van der Waals surface area (Å²) in [4.78, 5) is 14.3. The maximum atomic E-state index is 11.0. The Morgan fingerprint density at radius 1 is 1.25 bits per heavy atom. The smallest absolute Gasteiger partial charge is 0.358 e. The standard InChI is InChI=1S/C14H14N4O2/c19-18(20)14-13(5-2-7-16-14)17-12-4-1-3-10-9-15-8-6-11(10)12/h1-5,7,15,17H,6,8-9H2. The monoisotopic (exact) mass is 270 g/mol. The van der Waals surface area contributed by atoms with Crippen molar-refractivity contribution in [3.05, 3.63) is 57.8 Å². The van der Waals surface area contributed by atoms with E-state index in [2.05, 4.69) is 21.7 Å². The minimum Gasteiger partial charge on any atom is -0.358 e. The van der Waals surface area contributed by atoms with E-state index in [1.807, 2.05) is 12.1 Å². The molecule has 20 heavy (non-hydrogen) atoms. The Kier molecular flexibility index (Phi) is 3.30. The summed E-state index contributed by atoms with van der Waals surface area (Å²) in [6.07, 6.45) is 2.33. The molecule has 6 nitrogen and oxygen atoms in total. The van der Waals surface area contributed by atoms with Gasteiger partial charge in [0.25, 0.3) is 0 Å². The van der Waals surface area contributed by atoms with Gasteiger partial charge in [-0.15, -0.1) is 0 Å². The van der Waals surface area contributed by atoms with Crippen molar-refractivity contribution in [3.8, 4) is 0 Å². The molecule has 2 aromatic rings. The Labute approximate surface area is 116 Å².